The van der Waals surface area contributed by atoms with E-state index in [4.69, 9.17) is 5.11 Å². The van der Waals surface area contributed by atoms with Crippen LogP contribution in [0.5, 0.6) is 0 Å². The number of nitrogens with zero attached hydrogens (tertiary/aromatic N) is 2. The molecular formula is C14H14FN3O2. The molecule has 1 saturated heterocycles. The summed E-state index contributed by atoms with van der Waals surface area (Å²) in [6, 6.07) is 5.97. The van der Waals surface area contributed by atoms with Gasteiger partial charge in [-0.05, 0) is 25.0 Å². The number of halogens is 1. The third-order valence-electron chi connectivity index (χ3n) is 3.55. The number of carbonyl (C=O) groups is 1. The number of hydrogen-bond acceptors (Lipinski definition) is 2. The quantitative estimate of drug-likeness (QED) is 0.885. The number of imidazole rings is 1. The molecule has 0 saturated carbocycles. The second-order valence-corrected chi connectivity index (χ2v) is 4.83. The van der Waals surface area contributed by atoms with E-state index in [0.29, 0.717) is 23.6 Å². The fourth-order valence-corrected chi connectivity index (χ4v) is 2.59. The van der Waals surface area contributed by atoms with Gasteiger partial charge in [-0.2, -0.15) is 0 Å². The topological polar surface area (TPSA) is 69.2 Å². The van der Waals surface area contributed by atoms with Crippen LogP contribution in [0.4, 0.5) is 9.18 Å². The number of benzene rings is 1. The predicted octanol–water partition coefficient (Wildman–Crippen LogP) is 3.03. The highest BCUT2D eigenvalue weighted by Crippen LogP contribution is 2.31. The first kappa shape index (κ1) is 12.7. The van der Waals surface area contributed by atoms with Gasteiger partial charge in [0, 0.05) is 12.1 Å². The molecule has 2 aromatic rings. The Morgan fingerprint density at radius 1 is 1.50 bits per heavy atom. The van der Waals surface area contributed by atoms with Crippen LogP contribution < -0.4 is 0 Å². The zero-order chi connectivity index (χ0) is 14.1. The molecule has 1 atom stereocenters. The van der Waals surface area contributed by atoms with Gasteiger partial charge in [-0.3, -0.25) is 4.90 Å². The Balaban J connectivity index is 1.89. The van der Waals surface area contributed by atoms with Crippen LogP contribution in [0, 0.1) is 5.82 Å². The molecule has 3 rings (SSSR count). The van der Waals surface area contributed by atoms with Gasteiger partial charge in [-0.15, -0.1) is 0 Å². The summed E-state index contributed by atoms with van der Waals surface area (Å²) in [5.41, 5.74) is 1.39. The van der Waals surface area contributed by atoms with Crippen LogP contribution in [0.3, 0.4) is 0 Å². The van der Waals surface area contributed by atoms with Gasteiger partial charge < -0.3 is 10.1 Å². The van der Waals surface area contributed by atoms with Crippen LogP contribution in [0.15, 0.2) is 30.5 Å². The number of carboxylic acid groups (broad SMARTS) is 1. The molecule has 1 aromatic carbocycles. The summed E-state index contributed by atoms with van der Waals surface area (Å²) >= 11 is 0. The lowest BCUT2D eigenvalue weighted by atomic mass is 10.2. The minimum absolute atomic E-state index is 0.241. The molecule has 5 nitrogen and oxygen atoms in total. The standard InChI is InChI=1S/C14H14FN3O2/c15-10-4-1-3-9(7-10)11-8-16-13(17-11)12-5-2-6-18(12)14(19)20/h1,3-4,7-8,12H,2,5-6H2,(H,16,17)(H,19,20). The minimum Gasteiger partial charge on any atom is -0.465 e. The molecule has 2 heterocycles. The zero-order valence-corrected chi connectivity index (χ0v) is 10.7. The molecule has 1 fully saturated rings. The number of aromatic nitrogens is 2. The minimum atomic E-state index is -0.934. The molecule has 104 valence electrons. The molecule has 20 heavy (non-hydrogen) atoms. The van der Waals surface area contributed by atoms with Gasteiger partial charge in [0.15, 0.2) is 0 Å². The van der Waals surface area contributed by atoms with Crippen LogP contribution >= 0.6 is 0 Å². The third-order valence-corrected chi connectivity index (χ3v) is 3.55. The molecular weight excluding hydrogens is 261 g/mol. The zero-order valence-electron chi connectivity index (χ0n) is 10.7. The molecule has 0 spiro atoms. The van der Waals surface area contributed by atoms with Crippen molar-refractivity contribution in [3.8, 4) is 11.3 Å². The van der Waals surface area contributed by atoms with Crippen molar-refractivity contribution >= 4 is 6.09 Å². The molecule has 6 heteroatoms. The van der Waals surface area contributed by atoms with Gasteiger partial charge >= 0.3 is 6.09 Å². The van der Waals surface area contributed by atoms with E-state index in [0.717, 1.165) is 12.8 Å². The van der Waals surface area contributed by atoms with E-state index in [-0.39, 0.29) is 11.9 Å². The first-order valence-corrected chi connectivity index (χ1v) is 6.45. The van der Waals surface area contributed by atoms with E-state index in [1.165, 1.54) is 17.0 Å². The Kier molecular flexibility index (Phi) is 3.14. The van der Waals surface area contributed by atoms with Crippen LogP contribution in [-0.2, 0) is 0 Å². The van der Waals surface area contributed by atoms with Crippen LogP contribution in [0.2, 0.25) is 0 Å². The molecule has 0 bridgehead atoms. The summed E-state index contributed by atoms with van der Waals surface area (Å²) in [5, 5.41) is 9.14. The van der Waals surface area contributed by atoms with Gasteiger partial charge in [-0.1, -0.05) is 12.1 Å². The van der Waals surface area contributed by atoms with E-state index < -0.39 is 6.09 Å². The molecule has 0 radical (unpaired) electrons. The van der Waals surface area contributed by atoms with Crippen molar-refractivity contribution in [2.45, 2.75) is 18.9 Å². The summed E-state index contributed by atoms with van der Waals surface area (Å²) in [5.74, 6) is 0.302. The Morgan fingerprint density at radius 3 is 3.10 bits per heavy atom. The van der Waals surface area contributed by atoms with Crippen LogP contribution in [-0.4, -0.2) is 32.6 Å². The van der Waals surface area contributed by atoms with Crippen molar-refractivity contribution < 1.29 is 14.3 Å². The van der Waals surface area contributed by atoms with Crippen LogP contribution in [0.1, 0.15) is 24.7 Å². The number of nitrogens with one attached hydrogen (secondary N) is 1. The van der Waals surface area contributed by atoms with Gasteiger partial charge in [0.25, 0.3) is 0 Å². The maximum Gasteiger partial charge on any atom is 0.407 e. The average molecular weight is 275 g/mol. The largest absolute Gasteiger partial charge is 0.465 e. The van der Waals surface area contributed by atoms with Crippen molar-refractivity contribution in [2.75, 3.05) is 6.54 Å². The number of amides is 1. The van der Waals surface area contributed by atoms with Crippen molar-refractivity contribution in [3.63, 3.8) is 0 Å². The summed E-state index contributed by atoms with van der Waals surface area (Å²) in [7, 11) is 0. The molecule has 1 aliphatic rings. The second kappa shape index (κ2) is 4.96. The Labute approximate surface area is 115 Å². The van der Waals surface area contributed by atoms with Crippen molar-refractivity contribution in [1.29, 1.82) is 0 Å². The number of rotatable bonds is 2. The maximum absolute atomic E-state index is 13.2. The molecule has 1 aromatic heterocycles. The first-order valence-electron chi connectivity index (χ1n) is 6.45. The van der Waals surface area contributed by atoms with E-state index in [1.54, 1.807) is 18.3 Å². The second-order valence-electron chi connectivity index (χ2n) is 4.83. The van der Waals surface area contributed by atoms with E-state index in [9.17, 15) is 9.18 Å². The summed E-state index contributed by atoms with van der Waals surface area (Å²) in [6.07, 6.45) is 2.26. The molecule has 2 N–H and O–H groups in total. The summed E-state index contributed by atoms with van der Waals surface area (Å²) in [6.45, 7) is 0.524. The Bertz CT molecular complexity index is 641. The van der Waals surface area contributed by atoms with E-state index >= 15 is 0 Å². The van der Waals surface area contributed by atoms with Crippen molar-refractivity contribution in [3.05, 3.63) is 42.1 Å². The Hall–Kier alpha value is -2.37. The normalized spacial score (nSPS) is 18.4. The molecule has 0 aliphatic carbocycles. The highest BCUT2D eigenvalue weighted by molar-refractivity contribution is 5.66. The van der Waals surface area contributed by atoms with Gasteiger partial charge in [0.2, 0.25) is 0 Å². The fraction of sp³-hybridized carbons (Fsp3) is 0.286. The number of aromatic amines is 1. The lowest BCUT2D eigenvalue weighted by Gasteiger charge is -2.19. The lowest BCUT2D eigenvalue weighted by molar-refractivity contribution is 0.139. The predicted molar refractivity (Wildman–Crippen MR) is 70.7 cm³/mol. The average Bonchev–Trinajstić information content (AvgIpc) is 3.07. The highest BCUT2D eigenvalue weighted by Gasteiger charge is 2.31. The van der Waals surface area contributed by atoms with Gasteiger partial charge in [0.1, 0.15) is 11.6 Å². The van der Waals surface area contributed by atoms with E-state index in [2.05, 4.69) is 9.97 Å². The lowest BCUT2D eigenvalue weighted by Crippen LogP contribution is -2.29. The fourth-order valence-electron chi connectivity index (χ4n) is 2.59. The monoisotopic (exact) mass is 275 g/mol. The number of H-pyrrole nitrogens is 1. The van der Waals surface area contributed by atoms with Crippen molar-refractivity contribution in [1.82, 2.24) is 14.9 Å². The smallest absolute Gasteiger partial charge is 0.407 e. The van der Waals surface area contributed by atoms with Gasteiger partial charge in [0.05, 0.1) is 17.9 Å². The molecule has 1 unspecified atom stereocenters. The highest BCUT2D eigenvalue weighted by atomic mass is 19.1. The summed E-state index contributed by atoms with van der Waals surface area (Å²) in [4.78, 5) is 19.9. The van der Waals surface area contributed by atoms with E-state index in [1.807, 2.05) is 0 Å². The maximum atomic E-state index is 13.2. The summed E-state index contributed by atoms with van der Waals surface area (Å²) < 4.78 is 13.2. The van der Waals surface area contributed by atoms with Gasteiger partial charge in [-0.25, -0.2) is 14.2 Å². The third kappa shape index (κ3) is 2.24. The molecule has 1 amide bonds. The van der Waals surface area contributed by atoms with Crippen molar-refractivity contribution in [2.24, 2.45) is 0 Å². The number of likely N-dealkylation sites (tertiary alicyclic amines) is 1. The molecule has 1 aliphatic heterocycles. The Morgan fingerprint density at radius 2 is 2.35 bits per heavy atom. The SMILES string of the molecule is O=C(O)N1CCCC1c1ncc(-c2cccc(F)c2)[nH]1. The first-order chi connectivity index (χ1) is 9.65. The van der Waals surface area contributed by atoms with Crippen LogP contribution in [0.25, 0.3) is 11.3 Å². The number of hydrogen-bond donors (Lipinski definition) is 2.